The van der Waals surface area contributed by atoms with Crippen LogP contribution in [0, 0.1) is 0 Å². The third-order valence-electron chi connectivity index (χ3n) is 13.4. The van der Waals surface area contributed by atoms with E-state index in [4.69, 9.17) is 61.6 Å². The van der Waals surface area contributed by atoms with Crippen LogP contribution < -0.4 is 0 Å². The second kappa shape index (κ2) is 25.0. The molecule has 72 heavy (non-hydrogen) atoms. The molecule has 7 fully saturated rings. The lowest BCUT2D eigenvalue weighted by Gasteiger charge is -2.46. The van der Waals surface area contributed by atoms with Gasteiger partial charge in [-0.25, -0.2) is 0 Å². The monoisotopic (exact) mass is 1060 g/mol. The van der Waals surface area contributed by atoms with E-state index in [1.165, 1.54) is 0 Å². The average molecular weight is 1060 g/mol. The summed E-state index contributed by atoms with van der Waals surface area (Å²) < 4.78 is 71.0. The van der Waals surface area contributed by atoms with Crippen molar-refractivity contribution in [2.24, 2.45) is 0 Å². The van der Waals surface area contributed by atoms with Gasteiger partial charge in [-0.1, -0.05) is 0 Å². The summed E-state index contributed by atoms with van der Waals surface area (Å²) in [5.74, 6) is 0. The minimum atomic E-state index is -1.99. The molecular weight excluding hydrogens is 996 g/mol. The predicted octanol–water partition coefficient (Wildman–Crippen LogP) is -14.4. The maximum absolute atomic E-state index is 11.0. The quantitative estimate of drug-likeness (QED) is 0.0682. The van der Waals surface area contributed by atoms with Crippen LogP contribution in [0.25, 0.3) is 0 Å². The number of aliphatic hydroxyl groups excluding tert-OH is 20. The first-order valence-corrected chi connectivity index (χ1v) is 22.9. The smallest absolute Gasteiger partial charge is 0.187 e. The summed E-state index contributed by atoms with van der Waals surface area (Å²) in [6, 6.07) is 0. The van der Waals surface area contributed by atoms with Gasteiger partial charge in [0.25, 0.3) is 0 Å². The average Bonchev–Trinajstić information content (AvgIpc) is 3.36. The third-order valence-corrected chi connectivity index (χ3v) is 13.4. The molecule has 32 unspecified atom stereocenters. The molecule has 0 radical (unpaired) electrons. The molecule has 7 saturated heterocycles. The zero-order valence-electron chi connectivity index (χ0n) is 37.7. The van der Waals surface area contributed by atoms with E-state index in [2.05, 4.69) is 0 Å². The Morgan fingerprint density at radius 3 is 1.04 bits per heavy atom. The Balaban J connectivity index is 0.872. The van der Waals surface area contributed by atoms with E-state index in [9.17, 15) is 102 Å². The zero-order valence-corrected chi connectivity index (χ0v) is 37.7. The molecule has 7 aliphatic rings. The second-order valence-electron chi connectivity index (χ2n) is 18.3. The minimum absolute atomic E-state index is 0.404. The fourth-order valence-corrected chi connectivity index (χ4v) is 8.80. The number of rotatable bonds is 16. The van der Waals surface area contributed by atoms with Crippen molar-refractivity contribution in [1.82, 2.24) is 0 Å². The molecule has 20 N–H and O–H groups in total. The molecule has 420 valence electrons. The van der Waals surface area contributed by atoms with E-state index in [0.717, 1.165) is 0 Å². The van der Waals surface area contributed by atoms with Crippen LogP contribution in [0.3, 0.4) is 0 Å². The summed E-state index contributed by atoms with van der Waals surface area (Å²) in [6.07, 6.45) is -56.5. The molecule has 7 heterocycles. The summed E-state index contributed by atoms with van der Waals surface area (Å²) in [4.78, 5) is 0. The van der Waals surface area contributed by atoms with Crippen molar-refractivity contribution >= 4 is 0 Å². The molecule has 0 aromatic rings. The SMILES string of the molecule is OCC1OC(O)C(O)C(O)C1OC1OC(COC2OCC(OC3OC(COC4OCC(OC5OC(COC6OCC(O)C(O)C6O)C(O)C(O)C5O)C(O)C4O)C(O)C(O)C3O)C(O)C2O)C(O)C(O)C1O. The Bertz CT molecular complexity index is 1660. The molecule has 0 bridgehead atoms. The number of hydrogen-bond acceptors (Lipinski definition) is 33. The van der Waals surface area contributed by atoms with Crippen molar-refractivity contribution in [3.63, 3.8) is 0 Å². The highest BCUT2D eigenvalue weighted by atomic mass is 16.8. The van der Waals surface area contributed by atoms with E-state index in [1.807, 2.05) is 0 Å². The first-order chi connectivity index (χ1) is 34.0. The molecule has 0 spiro atoms. The standard InChI is InChI=1S/C39H66O33/c40-1-9-32(24(51)25(52)33(59)66-9)72-39-31(58)23(50)18(45)12(71-39)5-63-36-28(55)20(47)14(7-65-36)70-38-30(57)22(49)17(44)11(68-38)4-62-35-27(54)19(46)13(6-64-35)69-37-29(56)21(48)16(43)10(67-37)3-61-34-26(53)15(42)8(41)2-60-34/h8-59H,1-7H2. The van der Waals surface area contributed by atoms with Crippen LogP contribution in [-0.2, 0) is 61.6 Å². The Morgan fingerprint density at radius 2 is 0.653 bits per heavy atom. The molecule has 0 saturated carbocycles. The van der Waals surface area contributed by atoms with Gasteiger partial charge in [-0.05, 0) is 0 Å². The second-order valence-corrected chi connectivity index (χ2v) is 18.3. The molecule has 0 aromatic heterocycles. The van der Waals surface area contributed by atoms with Crippen molar-refractivity contribution < 1.29 is 164 Å². The van der Waals surface area contributed by atoms with Gasteiger partial charge in [-0.15, -0.1) is 0 Å². The highest BCUT2D eigenvalue weighted by Gasteiger charge is 2.54. The predicted molar refractivity (Wildman–Crippen MR) is 214 cm³/mol. The Kier molecular flexibility index (Phi) is 20.3. The van der Waals surface area contributed by atoms with E-state index in [0.29, 0.717) is 0 Å². The number of hydrogen-bond donors (Lipinski definition) is 20. The summed E-state index contributed by atoms with van der Waals surface area (Å²) >= 11 is 0. The first-order valence-electron chi connectivity index (χ1n) is 22.9. The first kappa shape index (κ1) is 58.4. The van der Waals surface area contributed by atoms with Gasteiger partial charge in [-0.3, -0.25) is 0 Å². The Labute approximate surface area is 406 Å². The van der Waals surface area contributed by atoms with Crippen molar-refractivity contribution in [3.8, 4) is 0 Å². The lowest BCUT2D eigenvalue weighted by atomic mass is 9.97. The minimum Gasteiger partial charge on any atom is -0.394 e. The van der Waals surface area contributed by atoms with E-state index in [1.54, 1.807) is 0 Å². The van der Waals surface area contributed by atoms with Gasteiger partial charge in [0.15, 0.2) is 44.0 Å². The Morgan fingerprint density at radius 1 is 0.306 bits per heavy atom. The summed E-state index contributed by atoms with van der Waals surface area (Å²) in [5, 5.41) is 209. The molecule has 7 aliphatic heterocycles. The molecule has 33 heteroatoms. The van der Waals surface area contributed by atoms with Crippen LogP contribution in [0.2, 0.25) is 0 Å². The fourth-order valence-electron chi connectivity index (χ4n) is 8.80. The van der Waals surface area contributed by atoms with E-state index >= 15 is 0 Å². The third kappa shape index (κ3) is 12.5. The highest BCUT2D eigenvalue weighted by Crippen LogP contribution is 2.33. The fraction of sp³-hybridized carbons (Fsp3) is 1.00. The molecule has 32 atom stereocenters. The molecular formula is C39H66O33. The van der Waals surface area contributed by atoms with E-state index in [-0.39, 0.29) is 0 Å². The van der Waals surface area contributed by atoms with Gasteiger partial charge >= 0.3 is 0 Å². The van der Waals surface area contributed by atoms with Gasteiger partial charge in [0.1, 0.15) is 153 Å². The normalized spacial score (nSPS) is 53.8. The van der Waals surface area contributed by atoms with Gasteiger partial charge in [-0.2, -0.15) is 0 Å². The lowest BCUT2D eigenvalue weighted by molar-refractivity contribution is -0.366. The number of aliphatic hydroxyl groups is 20. The van der Waals surface area contributed by atoms with Crippen molar-refractivity contribution in [2.75, 3.05) is 46.2 Å². The van der Waals surface area contributed by atoms with Crippen molar-refractivity contribution in [1.29, 1.82) is 0 Å². The van der Waals surface area contributed by atoms with Crippen LogP contribution >= 0.6 is 0 Å². The van der Waals surface area contributed by atoms with Crippen LogP contribution in [-0.4, -0.2) is 345 Å². The Hall–Kier alpha value is -1.32. The zero-order chi connectivity index (χ0) is 52.6. The van der Waals surface area contributed by atoms with Gasteiger partial charge in [0.2, 0.25) is 0 Å². The van der Waals surface area contributed by atoms with Crippen LogP contribution in [0.4, 0.5) is 0 Å². The molecule has 0 amide bonds. The topological polar surface area (TPSA) is 525 Å². The van der Waals surface area contributed by atoms with Gasteiger partial charge in [0, 0.05) is 0 Å². The largest absolute Gasteiger partial charge is 0.394 e. The van der Waals surface area contributed by atoms with Crippen LogP contribution in [0.5, 0.6) is 0 Å². The summed E-state index contributed by atoms with van der Waals surface area (Å²) in [6.45, 7) is -4.49. The number of ether oxygens (including phenoxy) is 13. The van der Waals surface area contributed by atoms with Crippen LogP contribution in [0.15, 0.2) is 0 Å². The molecule has 7 rings (SSSR count). The molecule has 0 aromatic carbocycles. The lowest BCUT2D eigenvalue weighted by Crippen LogP contribution is -2.65. The highest BCUT2D eigenvalue weighted by molar-refractivity contribution is 4.97. The van der Waals surface area contributed by atoms with E-state index < -0.39 is 243 Å². The van der Waals surface area contributed by atoms with Crippen molar-refractivity contribution in [2.45, 2.75) is 197 Å². The molecule has 33 nitrogen and oxygen atoms in total. The van der Waals surface area contributed by atoms with Gasteiger partial charge < -0.3 is 164 Å². The van der Waals surface area contributed by atoms with Gasteiger partial charge in [0.05, 0.1) is 46.2 Å². The van der Waals surface area contributed by atoms with Crippen molar-refractivity contribution in [3.05, 3.63) is 0 Å². The molecule has 0 aliphatic carbocycles. The maximum Gasteiger partial charge on any atom is 0.187 e. The summed E-state index contributed by atoms with van der Waals surface area (Å²) in [7, 11) is 0. The maximum atomic E-state index is 11.0. The summed E-state index contributed by atoms with van der Waals surface area (Å²) in [5.41, 5.74) is 0. The van der Waals surface area contributed by atoms with Crippen LogP contribution in [0.1, 0.15) is 0 Å².